The summed E-state index contributed by atoms with van der Waals surface area (Å²) in [5, 5.41) is 0.937. The summed E-state index contributed by atoms with van der Waals surface area (Å²) in [6.07, 6.45) is 0.111. The molecule has 2 aliphatic rings. The first-order valence-corrected chi connectivity index (χ1v) is 12.9. The molecule has 0 saturated carbocycles. The number of ether oxygens (including phenoxy) is 2. The van der Waals surface area contributed by atoms with Gasteiger partial charge in [0.1, 0.15) is 6.61 Å². The SMILES string of the molecule is NC(=O)Cc1cc(-c2ccc(CN3CCOCC3)s2)nc2c1[nH]c1cc(N3CCOCC3=O)ccc12. The summed E-state index contributed by atoms with van der Waals surface area (Å²) in [6, 6.07) is 12.1. The van der Waals surface area contributed by atoms with E-state index < -0.39 is 5.91 Å². The average Bonchev–Trinajstić information content (AvgIpc) is 3.49. The second kappa shape index (κ2) is 9.62. The number of H-pyrrole nitrogens is 1. The van der Waals surface area contributed by atoms with E-state index in [9.17, 15) is 9.59 Å². The van der Waals surface area contributed by atoms with E-state index in [1.54, 1.807) is 16.2 Å². The number of aromatic amines is 1. The van der Waals surface area contributed by atoms with Crippen molar-refractivity contribution in [3.05, 3.63) is 46.8 Å². The number of nitrogens with two attached hydrogens (primary N) is 1. The van der Waals surface area contributed by atoms with Gasteiger partial charge in [0.05, 0.1) is 53.4 Å². The van der Waals surface area contributed by atoms with Gasteiger partial charge in [0.25, 0.3) is 5.91 Å². The summed E-state index contributed by atoms with van der Waals surface area (Å²) in [5.41, 5.74) is 10.5. The Morgan fingerprint density at radius 3 is 2.72 bits per heavy atom. The molecule has 9 nitrogen and oxygen atoms in total. The van der Waals surface area contributed by atoms with Crippen molar-refractivity contribution >= 4 is 50.8 Å². The fourth-order valence-electron chi connectivity index (χ4n) is 4.90. The summed E-state index contributed by atoms with van der Waals surface area (Å²) in [5.74, 6) is -0.456. The number of carbonyl (C=O) groups is 2. The normalized spacial score (nSPS) is 17.3. The summed E-state index contributed by atoms with van der Waals surface area (Å²) in [7, 11) is 0. The zero-order valence-corrected chi connectivity index (χ0v) is 20.6. The maximum atomic E-state index is 12.3. The van der Waals surface area contributed by atoms with E-state index in [-0.39, 0.29) is 18.9 Å². The standard InChI is InChI=1S/C26H27N5O4S/c27-23(32)12-16-11-21(22-4-2-18(36-22)14-30-5-8-34-9-6-30)29-26-19-3-1-17(13-20(19)28-25(16)26)31-7-10-35-15-24(31)33/h1-4,11,13,28H,5-10,12,14-15H2,(H2,27,32). The number of morpholine rings is 2. The number of pyridine rings is 1. The van der Waals surface area contributed by atoms with Gasteiger partial charge in [-0.1, -0.05) is 0 Å². The Morgan fingerprint density at radius 2 is 1.92 bits per heavy atom. The summed E-state index contributed by atoms with van der Waals surface area (Å²) in [4.78, 5) is 39.1. The molecule has 2 saturated heterocycles. The molecule has 4 aromatic rings. The molecule has 0 spiro atoms. The second-order valence-electron chi connectivity index (χ2n) is 9.14. The number of thiophene rings is 1. The van der Waals surface area contributed by atoms with Crippen LogP contribution in [0.2, 0.25) is 0 Å². The highest BCUT2D eigenvalue weighted by molar-refractivity contribution is 7.15. The average molecular weight is 506 g/mol. The smallest absolute Gasteiger partial charge is 0.253 e. The molecule has 5 heterocycles. The highest BCUT2D eigenvalue weighted by Gasteiger charge is 2.22. The van der Waals surface area contributed by atoms with Crippen LogP contribution in [0.15, 0.2) is 36.4 Å². The minimum atomic E-state index is -0.397. The molecule has 10 heteroatoms. The zero-order chi connectivity index (χ0) is 24.6. The minimum Gasteiger partial charge on any atom is -0.379 e. The molecule has 0 atom stereocenters. The Balaban J connectivity index is 1.39. The number of carbonyl (C=O) groups excluding carboxylic acids is 2. The molecule has 0 aliphatic carbocycles. The number of nitrogens with zero attached hydrogens (tertiary/aromatic N) is 3. The number of fused-ring (bicyclic) bond motifs is 3. The molecule has 36 heavy (non-hydrogen) atoms. The van der Waals surface area contributed by atoms with Gasteiger partial charge in [-0.3, -0.25) is 14.5 Å². The number of amides is 2. The van der Waals surface area contributed by atoms with Gasteiger partial charge in [0, 0.05) is 42.1 Å². The Kier molecular flexibility index (Phi) is 6.18. The number of benzene rings is 1. The maximum Gasteiger partial charge on any atom is 0.253 e. The number of primary amides is 1. The first-order chi connectivity index (χ1) is 17.5. The van der Waals surface area contributed by atoms with Crippen LogP contribution in [0.4, 0.5) is 5.69 Å². The second-order valence-corrected chi connectivity index (χ2v) is 10.3. The van der Waals surface area contributed by atoms with Crippen molar-refractivity contribution in [2.24, 2.45) is 5.73 Å². The monoisotopic (exact) mass is 505 g/mol. The molecule has 0 bridgehead atoms. The van der Waals surface area contributed by atoms with Crippen molar-refractivity contribution in [3.63, 3.8) is 0 Å². The number of rotatable bonds is 6. The number of nitrogens with one attached hydrogen (secondary N) is 1. The van der Waals surface area contributed by atoms with Gasteiger partial charge in [-0.15, -0.1) is 11.3 Å². The van der Waals surface area contributed by atoms with Crippen LogP contribution >= 0.6 is 11.3 Å². The van der Waals surface area contributed by atoms with E-state index in [0.717, 1.165) is 76.6 Å². The molecule has 1 aromatic carbocycles. The zero-order valence-electron chi connectivity index (χ0n) is 19.8. The predicted molar refractivity (Wildman–Crippen MR) is 139 cm³/mol. The Morgan fingerprint density at radius 1 is 1.08 bits per heavy atom. The molecule has 186 valence electrons. The lowest BCUT2D eigenvalue weighted by Crippen LogP contribution is -2.41. The molecular weight excluding hydrogens is 478 g/mol. The lowest BCUT2D eigenvalue weighted by Gasteiger charge is -2.26. The van der Waals surface area contributed by atoms with Crippen LogP contribution in [-0.2, 0) is 32.0 Å². The third-order valence-corrected chi connectivity index (χ3v) is 7.77. The largest absolute Gasteiger partial charge is 0.379 e. The molecule has 0 unspecified atom stereocenters. The molecular formula is C26H27N5O4S. The maximum absolute atomic E-state index is 12.3. The first kappa shape index (κ1) is 23.1. The third-order valence-electron chi connectivity index (χ3n) is 6.68. The highest BCUT2D eigenvalue weighted by Crippen LogP contribution is 2.35. The van der Waals surface area contributed by atoms with Crippen molar-refractivity contribution in [2.45, 2.75) is 13.0 Å². The summed E-state index contributed by atoms with van der Waals surface area (Å²) >= 11 is 1.72. The Bertz CT molecular complexity index is 1460. The molecule has 3 aromatic heterocycles. The van der Waals surface area contributed by atoms with E-state index in [0.29, 0.717) is 13.2 Å². The van der Waals surface area contributed by atoms with Gasteiger partial charge < -0.3 is 25.1 Å². The van der Waals surface area contributed by atoms with Gasteiger partial charge in [-0.05, 0) is 42.0 Å². The van der Waals surface area contributed by atoms with E-state index in [4.69, 9.17) is 20.2 Å². The van der Waals surface area contributed by atoms with Crippen LogP contribution in [0.5, 0.6) is 0 Å². The molecule has 0 radical (unpaired) electrons. The van der Waals surface area contributed by atoms with Gasteiger partial charge in [-0.2, -0.15) is 0 Å². The number of anilines is 1. The molecule has 2 amide bonds. The van der Waals surface area contributed by atoms with Crippen LogP contribution in [0.3, 0.4) is 0 Å². The fourth-order valence-corrected chi connectivity index (χ4v) is 5.91. The van der Waals surface area contributed by atoms with E-state index in [1.165, 1.54) is 4.88 Å². The molecule has 2 aliphatic heterocycles. The van der Waals surface area contributed by atoms with Crippen molar-refractivity contribution in [1.82, 2.24) is 14.9 Å². The molecule has 6 rings (SSSR count). The fraction of sp³-hybridized carbons (Fsp3) is 0.346. The van der Waals surface area contributed by atoms with Crippen LogP contribution in [0.25, 0.3) is 32.5 Å². The van der Waals surface area contributed by atoms with E-state index >= 15 is 0 Å². The van der Waals surface area contributed by atoms with Gasteiger partial charge in [0.2, 0.25) is 5.91 Å². The molecule has 3 N–H and O–H groups in total. The topological polar surface area (TPSA) is 114 Å². The van der Waals surface area contributed by atoms with Crippen molar-refractivity contribution < 1.29 is 19.1 Å². The number of aromatic nitrogens is 2. The van der Waals surface area contributed by atoms with Crippen LogP contribution in [0, 0.1) is 0 Å². The number of hydrogen-bond acceptors (Lipinski definition) is 7. The third kappa shape index (κ3) is 4.48. The number of hydrogen-bond donors (Lipinski definition) is 2. The van der Waals surface area contributed by atoms with Crippen molar-refractivity contribution in [2.75, 3.05) is 51.0 Å². The lowest BCUT2D eigenvalue weighted by atomic mass is 10.1. The van der Waals surface area contributed by atoms with Gasteiger partial charge in [0.15, 0.2) is 0 Å². The van der Waals surface area contributed by atoms with Crippen molar-refractivity contribution in [3.8, 4) is 10.6 Å². The lowest BCUT2D eigenvalue weighted by molar-refractivity contribution is -0.125. The minimum absolute atomic E-state index is 0.0582. The van der Waals surface area contributed by atoms with Gasteiger partial charge in [-0.25, -0.2) is 4.98 Å². The highest BCUT2D eigenvalue weighted by atomic mass is 32.1. The van der Waals surface area contributed by atoms with Crippen LogP contribution in [-0.4, -0.2) is 72.7 Å². The molecule has 2 fully saturated rings. The Labute approximate surface area is 211 Å². The summed E-state index contributed by atoms with van der Waals surface area (Å²) in [6.45, 7) is 5.43. The van der Waals surface area contributed by atoms with E-state index in [1.807, 2.05) is 24.3 Å². The summed E-state index contributed by atoms with van der Waals surface area (Å²) < 4.78 is 10.7. The van der Waals surface area contributed by atoms with Crippen LogP contribution < -0.4 is 10.6 Å². The Hall–Kier alpha value is -3.31. The quantitative estimate of drug-likeness (QED) is 0.417. The predicted octanol–water partition coefficient (Wildman–Crippen LogP) is 2.67. The van der Waals surface area contributed by atoms with Gasteiger partial charge >= 0.3 is 0 Å². The van der Waals surface area contributed by atoms with Crippen LogP contribution in [0.1, 0.15) is 10.4 Å². The first-order valence-electron chi connectivity index (χ1n) is 12.1. The van der Waals surface area contributed by atoms with Crippen molar-refractivity contribution in [1.29, 1.82) is 0 Å². The van der Waals surface area contributed by atoms with E-state index in [2.05, 4.69) is 22.0 Å².